The van der Waals surface area contributed by atoms with Crippen molar-refractivity contribution in [2.75, 3.05) is 19.8 Å². The van der Waals surface area contributed by atoms with Gasteiger partial charge in [-0.05, 0) is 29.9 Å². The zero-order valence-electron chi connectivity index (χ0n) is 11.9. The Hall–Kier alpha value is -1.07. The summed E-state index contributed by atoms with van der Waals surface area (Å²) in [6.45, 7) is 3.51. The number of rotatable bonds is 7. The summed E-state index contributed by atoms with van der Waals surface area (Å²) in [7, 11) is 0. The van der Waals surface area contributed by atoms with Crippen LogP contribution in [0.1, 0.15) is 49.2 Å². The number of hydrogen-bond donors (Lipinski definition) is 0. The van der Waals surface area contributed by atoms with Crippen molar-refractivity contribution >= 4 is 17.5 Å². The molecule has 5 heteroatoms. The molecule has 0 saturated heterocycles. The molecule has 0 bridgehead atoms. The molecule has 1 atom stereocenters. The van der Waals surface area contributed by atoms with E-state index < -0.39 is 6.16 Å². The molecule has 112 valence electrons. The third-order valence-corrected chi connectivity index (χ3v) is 4.39. The average molecular weight is 298 g/mol. The van der Waals surface area contributed by atoms with Gasteiger partial charge in [0.05, 0.1) is 13.2 Å². The minimum atomic E-state index is -0.589. The third-order valence-electron chi connectivity index (χ3n) is 3.33. The van der Waals surface area contributed by atoms with Crippen LogP contribution in [0, 0.1) is 0 Å². The first-order valence-electron chi connectivity index (χ1n) is 7.28. The van der Waals surface area contributed by atoms with Gasteiger partial charge in [-0.1, -0.05) is 26.2 Å². The second-order valence-electron chi connectivity index (χ2n) is 4.89. The number of fused-ring (bicyclic) bond motifs is 1. The van der Waals surface area contributed by atoms with E-state index in [0.29, 0.717) is 13.2 Å². The molecule has 1 aromatic rings. The topological polar surface area (TPSA) is 44.8 Å². The van der Waals surface area contributed by atoms with Gasteiger partial charge in [0.15, 0.2) is 0 Å². The van der Waals surface area contributed by atoms with Crippen molar-refractivity contribution in [3.8, 4) is 0 Å². The van der Waals surface area contributed by atoms with Crippen molar-refractivity contribution in [2.24, 2.45) is 0 Å². The highest BCUT2D eigenvalue weighted by molar-refractivity contribution is 7.10. The lowest BCUT2D eigenvalue weighted by Crippen LogP contribution is -2.21. The molecule has 20 heavy (non-hydrogen) atoms. The molecular weight excluding hydrogens is 276 g/mol. The molecule has 0 aromatic carbocycles. The van der Waals surface area contributed by atoms with Crippen LogP contribution >= 0.6 is 11.3 Å². The molecule has 1 aliphatic heterocycles. The van der Waals surface area contributed by atoms with Crippen LogP contribution in [0.25, 0.3) is 0 Å². The summed E-state index contributed by atoms with van der Waals surface area (Å²) in [6, 6.07) is 2.11. The van der Waals surface area contributed by atoms with Crippen molar-refractivity contribution in [1.29, 1.82) is 0 Å². The van der Waals surface area contributed by atoms with Crippen LogP contribution in [-0.2, 0) is 20.6 Å². The first-order valence-corrected chi connectivity index (χ1v) is 8.16. The lowest BCUT2D eigenvalue weighted by Gasteiger charge is -2.22. The molecule has 0 N–H and O–H groups in total. The van der Waals surface area contributed by atoms with E-state index in [4.69, 9.17) is 14.2 Å². The Labute approximate surface area is 124 Å². The fourth-order valence-corrected chi connectivity index (χ4v) is 3.21. The van der Waals surface area contributed by atoms with Crippen molar-refractivity contribution in [3.05, 3.63) is 21.9 Å². The van der Waals surface area contributed by atoms with E-state index in [0.717, 1.165) is 19.3 Å². The van der Waals surface area contributed by atoms with Crippen molar-refractivity contribution in [2.45, 2.75) is 45.1 Å². The highest BCUT2D eigenvalue weighted by atomic mass is 32.1. The number of carbonyl (C=O) groups is 1. The number of unbranched alkanes of at least 4 members (excludes halogenated alkanes) is 3. The molecule has 0 aliphatic carbocycles. The Kier molecular flexibility index (Phi) is 6.33. The lowest BCUT2D eigenvalue weighted by atomic mass is 10.1. The summed E-state index contributed by atoms with van der Waals surface area (Å²) in [5.74, 6) is 0. The molecular formula is C15H22O4S. The summed E-state index contributed by atoms with van der Waals surface area (Å²) in [5.41, 5.74) is 1.31. The summed E-state index contributed by atoms with van der Waals surface area (Å²) >= 11 is 1.65. The van der Waals surface area contributed by atoms with E-state index in [1.807, 2.05) is 0 Å². The molecule has 2 rings (SSSR count). The largest absolute Gasteiger partial charge is 0.508 e. The summed E-state index contributed by atoms with van der Waals surface area (Å²) in [4.78, 5) is 12.6. The molecule has 0 radical (unpaired) electrons. The lowest BCUT2D eigenvalue weighted by molar-refractivity contribution is -0.0219. The SMILES string of the molecule is CCCCCCOC(=O)OC[C@@H]1OCCc2ccsc21. The van der Waals surface area contributed by atoms with Gasteiger partial charge in [0, 0.05) is 4.88 Å². The monoisotopic (exact) mass is 298 g/mol. The number of hydrogen-bond acceptors (Lipinski definition) is 5. The molecule has 0 saturated carbocycles. The van der Waals surface area contributed by atoms with Crippen LogP contribution < -0.4 is 0 Å². The fraction of sp³-hybridized carbons (Fsp3) is 0.667. The van der Waals surface area contributed by atoms with Crippen LogP contribution in [0.15, 0.2) is 11.4 Å². The zero-order valence-corrected chi connectivity index (χ0v) is 12.7. The summed E-state index contributed by atoms with van der Waals surface area (Å²) in [5, 5.41) is 2.05. The second kappa shape index (κ2) is 8.27. The standard InChI is InChI=1S/C15H22O4S/c1-2-3-4-5-8-18-15(16)19-11-13-14-12(6-9-17-13)7-10-20-14/h7,10,13H,2-6,8-9,11H2,1H3/t13-/m0/s1. The molecule has 0 fully saturated rings. The molecule has 0 unspecified atom stereocenters. The normalized spacial score (nSPS) is 17.6. The van der Waals surface area contributed by atoms with Gasteiger partial charge in [-0.25, -0.2) is 4.79 Å². The van der Waals surface area contributed by atoms with Crippen LogP contribution in [0.4, 0.5) is 4.79 Å². The van der Waals surface area contributed by atoms with E-state index in [1.54, 1.807) is 11.3 Å². The van der Waals surface area contributed by atoms with Gasteiger partial charge in [0.2, 0.25) is 0 Å². The van der Waals surface area contributed by atoms with E-state index in [1.165, 1.54) is 23.3 Å². The molecule has 4 nitrogen and oxygen atoms in total. The van der Waals surface area contributed by atoms with E-state index >= 15 is 0 Å². The van der Waals surface area contributed by atoms with Crippen LogP contribution in [-0.4, -0.2) is 26.0 Å². The maximum absolute atomic E-state index is 11.5. The first-order chi connectivity index (χ1) is 9.81. The van der Waals surface area contributed by atoms with Gasteiger partial charge < -0.3 is 14.2 Å². The van der Waals surface area contributed by atoms with Crippen LogP contribution in [0.2, 0.25) is 0 Å². The average Bonchev–Trinajstić information content (AvgIpc) is 2.94. The Morgan fingerprint density at radius 1 is 1.40 bits per heavy atom. The van der Waals surface area contributed by atoms with Crippen molar-refractivity contribution < 1.29 is 19.0 Å². The molecule has 0 amide bonds. The third kappa shape index (κ3) is 4.49. The first kappa shape index (κ1) is 15.3. The smallest absolute Gasteiger partial charge is 0.434 e. The van der Waals surface area contributed by atoms with Crippen molar-refractivity contribution in [1.82, 2.24) is 0 Å². The number of carbonyl (C=O) groups excluding carboxylic acids is 1. The van der Waals surface area contributed by atoms with Gasteiger partial charge in [-0.15, -0.1) is 11.3 Å². The Morgan fingerprint density at radius 3 is 3.15 bits per heavy atom. The highest BCUT2D eigenvalue weighted by Crippen LogP contribution is 2.31. The minimum Gasteiger partial charge on any atom is -0.434 e. The molecule has 1 aliphatic rings. The van der Waals surface area contributed by atoms with E-state index in [2.05, 4.69) is 18.4 Å². The Balaban J connectivity index is 1.65. The van der Waals surface area contributed by atoms with Crippen molar-refractivity contribution in [3.63, 3.8) is 0 Å². The fourth-order valence-electron chi connectivity index (χ4n) is 2.22. The Morgan fingerprint density at radius 2 is 2.30 bits per heavy atom. The van der Waals surface area contributed by atoms with Gasteiger partial charge in [-0.3, -0.25) is 0 Å². The van der Waals surface area contributed by atoms with Gasteiger partial charge in [-0.2, -0.15) is 0 Å². The predicted octanol–water partition coefficient (Wildman–Crippen LogP) is 4.10. The van der Waals surface area contributed by atoms with E-state index in [-0.39, 0.29) is 12.7 Å². The zero-order chi connectivity index (χ0) is 14.2. The number of thiophene rings is 1. The molecule has 2 heterocycles. The minimum absolute atomic E-state index is 0.133. The molecule has 0 spiro atoms. The van der Waals surface area contributed by atoms with Crippen LogP contribution in [0.5, 0.6) is 0 Å². The van der Waals surface area contributed by atoms with E-state index in [9.17, 15) is 4.79 Å². The van der Waals surface area contributed by atoms with Gasteiger partial charge >= 0.3 is 6.16 Å². The maximum atomic E-state index is 11.5. The predicted molar refractivity (Wildman–Crippen MR) is 78.2 cm³/mol. The van der Waals surface area contributed by atoms with Crippen LogP contribution in [0.3, 0.4) is 0 Å². The quantitative estimate of drug-likeness (QED) is 0.561. The molecule has 1 aromatic heterocycles. The maximum Gasteiger partial charge on any atom is 0.508 e. The Bertz CT molecular complexity index is 416. The van der Waals surface area contributed by atoms with Gasteiger partial charge in [0.1, 0.15) is 12.7 Å². The highest BCUT2D eigenvalue weighted by Gasteiger charge is 2.23. The van der Waals surface area contributed by atoms with Gasteiger partial charge in [0.25, 0.3) is 0 Å². The number of ether oxygens (including phenoxy) is 3. The summed E-state index contributed by atoms with van der Waals surface area (Å²) < 4.78 is 15.8. The second-order valence-corrected chi connectivity index (χ2v) is 5.84. The summed E-state index contributed by atoms with van der Waals surface area (Å²) in [6.07, 6.45) is 4.56.